The number of aliphatic carboxylic acids is 1. The van der Waals surface area contributed by atoms with Crippen molar-refractivity contribution in [3.63, 3.8) is 0 Å². The van der Waals surface area contributed by atoms with Gasteiger partial charge in [0, 0.05) is 0 Å². The van der Waals surface area contributed by atoms with Crippen molar-refractivity contribution in [1.82, 2.24) is 0 Å². The number of hydrogen-bond acceptors (Lipinski definition) is 3. The fourth-order valence-electron chi connectivity index (χ4n) is 2.71. The molecule has 0 aromatic heterocycles. The van der Waals surface area contributed by atoms with Crippen LogP contribution in [0.4, 0.5) is 5.69 Å². The molecule has 0 spiro atoms. The lowest BCUT2D eigenvalue weighted by Gasteiger charge is -2.12. The van der Waals surface area contributed by atoms with Crippen molar-refractivity contribution < 1.29 is 19.4 Å². The molecule has 2 N–H and O–H groups in total. The van der Waals surface area contributed by atoms with Crippen molar-refractivity contribution in [2.75, 3.05) is 11.9 Å². The Labute approximate surface area is 124 Å². The van der Waals surface area contributed by atoms with E-state index < -0.39 is 23.2 Å². The molecule has 1 saturated carbocycles. The molecule has 1 amide bonds. The minimum atomic E-state index is -0.921. The van der Waals surface area contributed by atoms with Gasteiger partial charge in [0.15, 0.2) is 0 Å². The van der Waals surface area contributed by atoms with Crippen LogP contribution in [0.2, 0.25) is 0 Å². The Balaban J connectivity index is 2.09. The number of nitrogens with one attached hydrogen (secondary N) is 1. The third-order valence-corrected chi connectivity index (χ3v) is 3.98. The maximum Gasteiger partial charge on any atom is 0.307 e. The number of hydrogen-bond donors (Lipinski definition) is 2. The topological polar surface area (TPSA) is 75.6 Å². The summed E-state index contributed by atoms with van der Waals surface area (Å²) in [6.07, 6.45) is 0.874. The summed E-state index contributed by atoms with van der Waals surface area (Å²) in [6.45, 7) is 6.18. The molecule has 1 aliphatic rings. The smallest absolute Gasteiger partial charge is 0.307 e. The molecule has 0 radical (unpaired) electrons. The molecule has 0 unspecified atom stereocenters. The number of carboxylic acid groups (broad SMARTS) is 1. The lowest BCUT2D eigenvalue weighted by molar-refractivity contribution is -0.140. The molecule has 1 aliphatic carbocycles. The Morgan fingerprint density at radius 1 is 1.29 bits per heavy atom. The van der Waals surface area contributed by atoms with Gasteiger partial charge in [-0.2, -0.15) is 0 Å². The van der Waals surface area contributed by atoms with Gasteiger partial charge in [-0.25, -0.2) is 0 Å². The number of anilines is 1. The average Bonchev–Trinajstić information content (AvgIpc) is 3.01. The number of benzene rings is 1. The van der Waals surface area contributed by atoms with Crippen molar-refractivity contribution >= 4 is 17.6 Å². The maximum atomic E-state index is 12.3. The zero-order chi connectivity index (χ0) is 15.6. The number of ether oxygens (including phenoxy) is 1. The highest BCUT2D eigenvalue weighted by molar-refractivity contribution is 6.00. The highest BCUT2D eigenvalue weighted by Crippen LogP contribution is 2.58. The Morgan fingerprint density at radius 2 is 1.95 bits per heavy atom. The molecule has 1 aromatic rings. The summed E-state index contributed by atoms with van der Waals surface area (Å²) < 4.78 is 5.58. The Morgan fingerprint density at radius 3 is 2.52 bits per heavy atom. The van der Waals surface area contributed by atoms with Crippen LogP contribution in [-0.2, 0) is 9.59 Å². The lowest BCUT2D eigenvalue weighted by atomic mass is 10.1. The van der Waals surface area contributed by atoms with Crippen LogP contribution in [0.1, 0.15) is 27.2 Å². The second kappa shape index (κ2) is 5.76. The summed E-state index contributed by atoms with van der Waals surface area (Å²) >= 11 is 0. The van der Waals surface area contributed by atoms with E-state index in [-0.39, 0.29) is 5.91 Å². The van der Waals surface area contributed by atoms with Crippen LogP contribution in [0.5, 0.6) is 5.75 Å². The zero-order valence-corrected chi connectivity index (χ0v) is 12.6. The monoisotopic (exact) mass is 291 g/mol. The van der Waals surface area contributed by atoms with E-state index in [0.717, 1.165) is 6.42 Å². The summed E-state index contributed by atoms with van der Waals surface area (Å²) in [5, 5.41) is 11.9. The molecule has 1 fully saturated rings. The zero-order valence-electron chi connectivity index (χ0n) is 12.6. The van der Waals surface area contributed by atoms with Gasteiger partial charge >= 0.3 is 5.97 Å². The molecular weight excluding hydrogens is 270 g/mol. The van der Waals surface area contributed by atoms with E-state index in [0.29, 0.717) is 18.0 Å². The van der Waals surface area contributed by atoms with Crippen LogP contribution in [0, 0.1) is 17.3 Å². The van der Waals surface area contributed by atoms with Crippen molar-refractivity contribution in [3.8, 4) is 5.75 Å². The Kier molecular flexibility index (Phi) is 4.21. The van der Waals surface area contributed by atoms with Gasteiger partial charge in [0.1, 0.15) is 5.75 Å². The van der Waals surface area contributed by atoms with E-state index in [1.54, 1.807) is 32.0 Å². The standard InChI is InChI=1S/C16H21NO4/c1-4-9-21-11-8-6-5-7-10(11)17-14(18)12-13(15(19)20)16(12,2)3/h5-8,12-13H,4,9H2,1-3H3,(H,17,18)(H,19,20)/t12-,13+/m0/s1. The predicted molar refractivity (Wildman–Crippen MR) is 79.3 cm³/mol. The number of carbonyl (C=O) groups is 2. The van der Waals surface area contributed by atoms with Crippen LogP contribution < -0.4 is 10.1 Å². The first kappa shape index (κ1) is 15.4. The third kappa shape index (κ3) is 3.01. The molecular formula is C16H21NO4. The van der Waals surface area contributed by atoms with E-state index in [1.807, 2.05) is 13.0 Å². The summed E-state index contributed by atoms with van der Waals surface area (Å²) in [7, 11) is 0. The number of rotatable bonds is 6. The van der Waals surface area contributed by atoms with E-state index in [9.17, 15) is 9.59 Å². The molecule has 114 valence electrons. The summed E-state index contributed by atoms with van der Waals surface area (Å²) in [6, 6.07) is 7.19. The Hall–Kier alpha value is -2.04. The minimum absolute atomic E-state index is 0.264. The molecule has 0 heterocycles. The largest absolute Gasteiger partial charge is 0.491 e. The molecule has 2 rings (SSSR count). The molecule has 0 aliphatic heterocycles. The fourth-order valence-corrected chi connectivity index (χ4v) is 2.71. The molecule has 5 nitrogen and oxygen atoms in total. The summed E-state index contributed by atoms with van der Waals surface area (Å²) in [5.74, 6) is -1.70. The average molecular weight is 291 g/mol. The summed E-state index contributed by atoms with van der Waals surface area (Å²) in [4.78, 5) is 23.4. The lowest BCUT2D eigenvalue weighted by Crippen LogP contribution is -2.18. The van der Waals surface area contributed by atoms with Gasteiger partial charge in [0.05, 0.1) is 24.1 Å². The van der Waals surface area contributed by atoms with Gasteiger partial charge in [0.25, 0.3) is 0 Å². The number of para-hydroxylation sites is 2. The van der Waals surface area contributed by atoms with Gasteiger partial charge in [-0.1, -0.05) is 32.9 Å². The quantitative estimate of drug-likeness (QED) is 0.845. The first-order chi connectivity index (χ1) is 9.89. The van der Waals surface area contributed by atoms with E-state index >= 15 is 0 Å². The van der Waals surface area contributed by atoms with Crippen LogP contribution in [0.15, 0.2) is 24.3 Å². The Bertz CT molecular complexity index is 553. The molecule has 0 saturated heterocycles. The normalized spacial score (nSPS) is 22.4. The predicted octanol–water partition coefficient (Wildman–Crippen LogP) is 2.77. The van der Waals surface area contributed by atoms with Crippen LogP contribution in [0.3, 0.4) is 0 Å². The van der Waals surface area contributed by atoms with Gasteiger partial charge in [-0.3, -0.25) is 9.59 Å². The van der Waals surface area contributed by atoms with E-state index in [1.165, 1.54) is 0 Å². The van der Waals surface area contributed by atoms with Gasteiger partial charge in [-0.15, -0.1) is 0 Å². The van der Waals surface area contributed by atoms with E-state index in [4.69, 9.17) is 9.84 Å². The van der Waals surface area contributed by atoms with Crippen molar-refractivity contribution in [2.24, 2.45) is 17.3 Å². The third-order valence-electron chi connectivity index (χ3n) is 3.98. The second-order valence-corrected chi connectivity index (χ2v) is 5.95. The summed E-state index contributed by atoms with van der Waals surface area (Å²) in [5.41, 5.74) is 0.0811. The van der Waals surface area contributed by atoms with Gasteiger partial charge in [-0.05, 0) is 24.0 Å². The highest BCUT2D eigenvalue weighted by Gasteiger charge is 2.65. The van der Waals surface area contributed by atoms with Crippen LogP contribution >= 0.6 is 0 Å². The second-order valence-electron chi connectivity index (χ2n) is 5.95. The highest BCUT2D eigenvalue weighted by atomic mass is 16.5. The molecule has 2 atom stereocenters. The molecule has 1 aromatic carbocycles. The van der Waals surface area contributed by atoms with Gasteiger partial charge in [0.2, 0.25) is 5.91 Å². The molecule has 0 bridgehead atoms. The van der Waals surface area contributed by atoms with Crippen molar-refractivity contribution in [1.29, 1.82) is 0 Å². The van der Waals surface area contributed by atoms with E-state index in [2.05, 4.69) is 5.32 Å². The van der Waals surface area contributed by atoms with Crippen molar-refractivity contribution in [3.05, 3.63) is 24.3 Å². The first-order valence-electron chi connectivity index (χ1n) is 7.15. The van der Waals surface area contributed by atoms with Crippen LogP contribution in [0.25, 0.3) is 0 Å². The molecule has 21 heavy (non-hydrogen) atoms. The van der Waals surface area contributed by atoms with Gasteiger partial charge < -0.3 is 15.2 Å². The number of carbonyl (C=O) groups excluding carboxylic acids is 1. The molecule has 5 heteroatoms. The van der Waals surface area contributed by atoms with Crippen LogP contribution in [-0.4, -0.2) is 23.6 Å². The number of amides is 1. The van der Waals surface area contributed by atoms with Crippen molar-refractivity contribution in [2.45, 2.75) is 27.2 Å². The SMILES string of the molecule is CCCOc1ccccc1NC(=O)[C@@H]1[C@H](C(=O)O)C1(C)C. The fraction of sp³-hybridized carbons (Fsp3) is 0.500. The minimum Gasteiger partial charge on any atom is -0.491 e. The maximum absolute atomic E-state index is 12.3. The first-order valence-corrected chi connectivity index (χ1v) is 7.15. The number of carboxylic acids is 1.